The number of ether oxygens (including phenoxy) is 1. The highest BCUT2D eigenvalue weighted by Gasteiger charge is 2.04. The predicted octanol–water partition coefficient (Wildman–Crippen LogP) is 7.03. The number of hydrogen-bond acceptors (Lipinski definition) is 3. The second-order valence-corrected chi connectivity index (χ2v) is 7.71. The number of carbonyl (C=O) groups excluding carboxylic acids is 1. The zero-order chi connectivity index (χ0) is 19.6. The van der Waals surface area contributed by atoms with E-state index in [1.807, 2.05) is 12.1 Å². The third-order valence-electron chi connectivity index (χ3n) is 4.90. The maximum Gasteiger partial charge on any atom is 0.313 e. The molecule has 0 heterocycles. The minimum absolute atomic E-state index is 0.258. The Morgan fingerprint density at radius 3 is 1.85 bits per heavy atom. The molecule has 1 rings (SSSR count). The van der Waals surface area contributed by atoms with Crippen molar-refractivity contribution in [3.63, 3.8) is 0 Å². The molecule has 0 saturated carbocycles. The van der Waals surface area contributed by atoms with Crippen LogP contribution in [0, 0.1) is 0 Å². The van der Waals surface area contributed by atoms with Crippen LogP contribution in [0.15, 0.2) is 24.3 Å². The summed E-state index contributed by atoms with van der Waals surface area (Å²) in [5.41, 5.74) is 1.31. The van der Waals surface area contributed by atoms with E-state index in [0.717, 1.165) is 6.42 Å². The van der Waals surface area contributed by atoms with Gasteiger partial charge in [0.15, 0.2) is 0 Å². The molecule has 0 aliphatic carbocycles. The van der Waals surface area contributed by atoms with Gasteiger partial charge in [-0.1, -0.05) is 89.7 Å². The molecule has 0 saturated heterocycles. The number of benzene rings is 1. The van der Waals surface area contributed by atoms with Gasteiger partial charge in [-0.3, -0.25) is 4.79 Å². The second-order valence-electron chi connectivity index (χ2n) is 7.38. The summed E-state index contributed by atoms with van der Waals surface area (Å²) in [6, 6.07) is 7.89. The van der Waals surface area contributed by atoms with Crippen molar-refractivity contribution < 1.29 is 14.1 Å². The fraction of sp³-hybridized carbons (Fsp3) is 0.696. The summed E-state index contributed by atoms with van der Waals surface area (Å²) in [5, 5.41) is 0. The highest BCUT2D eigenvalue weighted by molar-refractivity contribution is 7.09. The van der Waals surface area contributed by atoms with Gasteiger partial charge in [0.1, 0.15) is 5.75 Å². The summed E-state index contributed by atoms with van der Waals surface area (Å²) < 4.78 is 10.1. The van der Waals surface area contributed by atoms with Gasteiger partial charge in [0, 0.05) is 9.47 Å². The molecule has 1 aromatic rings. The normalized spacial score (nSPS) is 10.9. The predicted molar refractivity (Wildman–Crippen MR) is 117 cm³/mol. The molecule has 0 aromatic heterocycles. The first-order valence-electron chi connectivity index (χ1n) is 10.9. The molecule has 1 aromatic carbocycles. The van der Waals surface area contributed by atoms with Crippen LogP contribution < -0.4 is 4.74 Å². The minimum atomic E-state index is -0.258. The lowest BCUT2D eigenvalue weighted by molar-refractivity contribution is -0.134. The molecule has 0 fully saturated rings. The summed E-state index contributed by atoms with van der Waals surface area (Å²) in [6.45, 7) is 2.64. The molecular weight excluding hydrogens is 355 g/mol. The first-order valence-corrected chi connectivity index (χ1v) is 11.3. The lowest BCUT2D eigenvalue weighted by atomic mass is 10.0. The average Bonchev–Trinajstić information content (AvgIpc) is 2.68. The molecule has 1 unspecified atom stereocenters. The zero-order valence-corrected chi connectivity index (χ0v) is 18.4. The molecular formula is C23H39O3P. The maximum absolute atomic E-state index is 11.5. The Morgan fingerprint density at radius 2 is 1.33 bits per heavy atom. The Labute approximate surface area is 168 Å². The van der Waals surface area contributed by atoms with Crippen LogP contribution in [-0.2, 0) is 15.7 Å². The smallest absolute Gasteiger partial charge is 0.313 e. The third kappa shape index (κ3) is 13.8. The van der Waals surface area contributed by atoms with Crippen molar-refractivity contribution in [2.75, 3.05) is 6.61 Å². The Bertz CT molecular complexity index is 473. The molecule has 0 spiro atoms. The van der Waals surface area contributed by atoms with Gasteiger partial charge in [0.05, 0.1) is 13.0 Å². The van der Waals surface area contributed by atoms with Gasteiger partial charge in [0.25, 0.3) is 0 Å². The SMILES string of the molecule is CCCCCCCCCCCCCCc1ccc(OC(=O)CCOP)cc1. The molecule has 1 atom stereocenters. The number of unbranched alkanes of at least 4 members (excludes halogenated alkanes) is 11. The summed E-state index contributed by atoms with van der Waals surface area (Å²) in [6.07, 6.45) is 17.9. The highest BCUT2D eigenvalue weighted by Crippen LogP contribution is 2.16. The van der Waals surface area contributed by atoms with Crippen LogP contribution in [0.25, 0.3) is 0 Å². The van der Waals surface area contributed by atoms with E-state index in [0.29, 0.717) is 12.4 Å². The molecule has 4 heteroatoms. The van der Waals surface area contributed by atoms with Gasteiger partial charge in [-0.15, -0.1) is 0 Å². The number of aryl methyl sites for hydroxylation is 1. The van der Waals surface area contributed by atoms with Crippen LogP contribution in [0.1, 0.15) is 96.0 Å². The first kappa shape index (κ1) is 24.1. The molecule has 27 heavy (non-hydrogen) atoms. The molecule has 0 aliphatic rings. The summed E-state index contributed by atoms with van der Waals surface area (Å²) in [7, 11) is 2.13. The lowest BCUT2D eigenvalue weighted by Gasteiger charge is -2.06. The van der Waals surface area contributed by atoms with E-state index in [-0.39, 0.29) is 12.4 Å². The summed E-state index contributed by atoms with van der Waals surface area (Å²) in [5.74, 6) is 0.355. The molecule has 0 bridgehead atoms. The molecule has 0 amide bonds. The van der Waals surface area contributed by atoms with E-state index >= 15 is 0 Å². The van der Waals surface area contributed by atoms with E-state index in [4.69, 9.17) is 9.26 Å². The van der Waals surface area contributed by atoms with E-state index in [1.165, 1.54) is 82.6 Å². The van der Waals surface area contributed by atoms with E-state index in [2.05, 4.69) is 28.5 Å². The Hall–Kier alpha value is -0.920. The summed E-state index contributed by atoms with van der Waals surface area (Å²) >= 11 is 0. The van der Waals surface area contributed by atoms with Crippen LogP contribution in [0.2, 0.25) is 0 Å². The third-order valence-corrected chi connectivity index (χ3v) is 5.13. The highest BCUT2D eigenvalue weighted by atomic mass is 31.0. The van der Waals surface area contributed by atoms with Gasteiger partial charge in [0.2, 0.25) is 0 Å². The molecule has 3 nitrogen and oxygen atoms in total. The number of carbonyl (C=O) groups is 1. The van der Waals surface area contributed by atoms with Crippen LogP contribution in [0.5, 0.6) is 5.75 Å². The molecule has 0 radical (unpaired) electrons. The quantitative estimate of drug-likeness (QED) is 0.123. The van der Waals surface area contributed by atoms with Gasteiger partial charge >= 0.3 is 5.97 Å². The van der Waals surface area contributed by atoms with Crippen molar-refractivity contribution in [2.24, 2.45) is 0 Å². The van der Waals surface area contributed by atoms with Crippen LogP contribution in [-0.4, -0.2) is 12.6 Å². The van der Waals surface area contributed by atoms with Crippen molar-refractivity contribution in [2.45, 2.75) is 96.8 Å². The summed E-state index contributed by atoms with van der Waals surface area (Å²) in [4.78, 5) is 11.5. The molecule has 0 N–H and O–H groups in total. The van der Waals surface area contributed by atoms with Gasteiger partial charge < -0.3 is 9.26 Å². The molecule has 0 aliphatic heterocycles. The average molecular weight is 395 g/mol. The van der Waals surface area contributed by atoms with Crippen molar-refractivity contribution in [1.29, 1.82) is 0 Å². The Morgan fingerprint density at radius 1 is 0.815 bits per heavy atom. The number of rotatable bonds is 17. The number of hydrogen-bond donors (Lipinski definition) is 0. The van der Waals surface area contributed by atoms with Crippen LogP contribution >= 0.6 is 9.47 Å². The maximum atomic E-state index is 11.5. The van der Waals surface area contributed by atoms with E-state index in [9.17, 15) is 4.79 Å². The van der Waals surface area contributed by atoms with Crippen molar-refractivity contribution >= 4 is 15.4 Å². The van der Waals surface area contributed by atoms with E-state index in [1.54, 1.807) is 0 Å². The minimum Gasteiger partial charge on any atom is -0.426 e. The van der Waals surface area contributed by atoms with E-state index < -0.39 is 0 Å². The fourth-order valence-corrected chi connectivity index (χ4v) is 3.34. The topological polar surface area (TPSA) is 35.5 Å². The monoisotopic (exact) mass is 394 g/mol. The van der Waals surface area contributed by atoms with Crippen LogP contribution in [0.3, 0.4) is 0 Å². The second kappa shape index (κ2) is 17.2. The zero-order valence-electron chi connectivity index (χ0n) is 17.2. The first-order chi connectivity index (χ1) is 13.3. The van der Waals surface area contributed by atoms with Gasteiger partial charge in [-0.25, -0.2) is 0 Å². The Balaban J connectivity index is 1.98. The largest absolute Gasteiger partial charge is 0.426 e. The number of esters is 1. The van der Waals surface area contributed by atoms with Crippen molar-refractivity contribution in [3.05, 3.63) is 29.8 Å². The van der Waals surface area contributed by atoms with Crippen molar-refractivity contribution in [3.8, 4) is 5.75 Å². The van der Waals surface area contributed by atoms with Gasteiger partial charge in [-0.2, -0.15) is 0 Å². The van der Waals surface area contributed by atoms with Gasteiger partial charge in [-0.05, 0) is 30.5 Å². The Kier molecular flexibility index (Phi) is 15.4. The lowest BCUT2D eigenvalue weighted by Crippen LogP contribution is -2.09. The fourth-order valence-electron chi connectivity index (χ4n) is 3.22. The standard InChI is InChI=1S/C23H39O3P/c1-2-3-4-5-6-7-8-9-10-11-12-13-14-21-15-17-22(18-16-21)26-23(24)19-20-25-27/h15-18H,2-14,19-20,27H2,1H3. The van der Waals surface area contributed by atoms with Crippen LogP contribution in [0.4, 0.5) is 0 Å². The van der Waals surface area contributed by atoms with Crippen molar-refractivity contribution in [1.82, 2.24) is 0 Å². The molecule has 154 valence electrons.